The van der Waals surface area contributed by atoms with Crippen LogP contribution in [-0.2, 0) is 29.7 Å². The van der Waals surface area contributed by atoms with Crippen molar-refractivity contribution >= 4 is 25.5 Å². The summed E-state index contributed by atoms with van der Waals surface area (Å²) in [5, 5.41) is 5.69. The zero-order valence-electron chi connectivity index (χ0n) is 32.2. The summed E-state index contributed by atoms with van der Waals surface area (Å²) in [5.74, 6) is -1.38. The van der Waals surface area contributed by atoms with Gasteiger partial charge in [-0.2, -0.15) is 0 Å². The summed E-state index contributed by atoms with van der Waals surface area (Å²) in [6, 6.07) is 13.1. The smallest absolute Gasteiger partial charge is 0.444 e. The minimum atomic E-state index is -4.12. The Balaban J connectivity index is 1.93. The Hall–Kier alpha value is -3.52. The van der Waals surface area contributed by atoms with Crippen LogP contribution in [0.5, 0.6) is 11.5 Å². The number of benzene rings is 2. The highest BCUT2D eigenvalue weighted by Crippen LogP contribution is 2.53. The number of hydrogen-bond donors (Lipinski definition) is 2. The first-order valence-corrected chi connectivity index (χ1v) is 19.5. The normalized spacial score (nSPS) is 16.8. The van der Waals surface area contributed by atoms with Crippen LogP contribution in [0, 0.1) is 5.92 Å². The fourth-order valence-electron chi connectivity index (χ4n) is 5.74. The first-order valence-electron chi connectivity index (χ1n) is 17.8. The number of carbonyl (C=O) groups excluding carboxylic acids is 3. The van der Waals surface area contributed by atoms with E-state index in [0.29, 0.717) is 43.7 Å². The summed E-state index contributed by atoms with van der Waals surface area (Å²) < 4.78 is 32.9. The van der Waals surface area contributed by atoms with E-state index in [0.717, 1.165) is 11.1 Å². The SMILES string of the molecule is CCCC(NC(=O)C1CCCN1C(=O)C(NC(=O)OC(C)(C)C)C(C)C)P(=O)(Oc1ccc(C(C)(C)C)cc1)Oc1ccc(C(C)(C)C)cc1. The zero-order valence-corrected chi connectivity index (χ0v) is 33.1. The van der Waals surface area contributed by atoms with Gasteiger partial charge in [-0.15, -0.1) is 0 Å². The number of alkyl carbamates (subject to hydrolysis) is 1. The lowest BCUT2D eigenvalue weighted by molar-refractivity contribution is -0.141. The Morgan fingerprint density at radius 3 is 1.70 bits per heavy atom. The van der Waals surface area contributed by atoms with Crippen LogP contribution in [0.15, 0.2) is 48.5 Å². The first-order chi connectivity index (χ1) is 23.0. The molecule has 0 aliphatic carbocycles. The highest BCUT2D eigenvalue weighted by molar-refractivity contribution is 7.55. The number of ether oxygens (including phenoxy) is 1. The molecule has 1 saturated heterocycles. The van der Waals surface area contributed by atoms with Gasteiger partial charge >= 0.3 is 13.7 Å². The van der Waals surface area contributed by atoms with Crippen molar-refractivity contribution in [3.05, 3.63) is 59.7 Å². The fourth-order valence-corrected chi connectivity index (χ4v) is 7.73. The quantitative estimate of drug-likeness (QED) is 0.211. The van der Waals surface area contributed by atoms with Gasteiger partial charge in [0.1, 0.15) is 29.2 Å². The van der Waals surface area contributed by atoms with Crippen molar-refractivity contribution in [2.24, 2.45) is 5.92 Å². The monoisotopic (exact) mass is 713 g/mol. The minimum absolute atomic E-state index is 0.0894. The maximum absolute atomic E-state index is 15.0. The number of hydrogen-bond acceptors (Lipinski definition) is 7. The molecule has 50 heavy (non-hydrogen) atoms. The van der Waals surface area contributed by atoms with E-state index in [4.69, 9.17) is 13.8 Å². The van der Waals surface area contributed by atoms with E-state index in [1.54, 1.807) is 45.0 Å². The molecule has 2 aromatic carbocycles. The third-order valence-corrected chi connectivity index (χ3v) is 10.7. The number of likely N-dealkylation sites (tertiary alicyclic amines) is 1. The van der Waals surface area contributed by atoms with Gasteiger partial charge < -0.3 is 29.3 Å². The average molecular weight is 714 g/mol. The van der Waals surface area contributed by atoms with Crippen molar-refractivity contribution in [3.8, 4) is 11.5 Å². The van der Waals surface area contributed by atoms with Gasteiger partial charge in [-0.1, -0.05) is 93.0 Å². The van der Waals surface area contributed by atoms with E-state index in [1.165, 1.54) is 4.90 Å². The summed E-state index contributed by atoms with van der Waals surface area (Å²) in [4.78, 5) is 42.1. The Morgan fingerprint density at radius 2 is 1.30 bits per heavy atom. The maximum Gasteiger partial charge on any atom is 0.452 e. The molecule has 2 N–H and O–H groups in total. The van der Waals surface area contributed by atoms with E-state index in [-0.39, 0.29) is 22.7 Å². The lowest BCUT2D eigenvalue weighted by atomic mass is 9.87. The van der Waals surface area contributed by atoms with Crippen molar-refractivity contribution in [1.29, 1.82) is 0 Å². The second-order valence-corrected chi connectivity index (χ2v) is 18.7. The van der Waals surface area contributed by atoms with Gasteiger partial charge in [0.15, 0.2) is 5.78 Å². The summed E-state index contributed by atoms with van der Waals surface area (Å²) >= 11 is 0. The van der Waals surface area contributed by atoms with Gasteiger partial charge in [0, 0.05) is 6.54 Å². The lowest BCUT2D eigenvalue weighted by Crippen LogP contribution is -2.56. The molecule has 1 heterocycles. The summed E-state index contributed by atoms with van der Waals surface area (Å²) in [6.07, 6.45) is 1.20. The van der Waals surface area contributed by atoms with Crippen LogP contribution in [0.3, 0.4) is 0 Å². The number of amides is 3. The van der Waals surface area contributed by atoms with E-state index >= 15 is 4.57 Å². The molecule has 0 aromatic heterocycles. The molecule has 10 nitrogen and oxygen atoms in total. The summed E-state index contributed by atoms with van der Waals surface area (Å²) in [5.41, 5.74) is 1.26. The highest BCUT2D eigenvalue weighted by atomic mass is 31.2. The molecule has 11 heteroatoms. The minimum Gasteiger partial charge on any atom is -0.444 e. The van der Waals surface area contributed by atoms with E-state index < -0.39 is 43.1 Å². The third kappa shape index (κ3) is 11.2. The lowest BCUT2D eigenvalue weighted by Gasteiger charge is -2.33. The van der Waals surface area contributed by atoms with Crippen LogP contribution in [0.4, 0.5) is 4.79 Å². The molecule has 0 radical (unpaired) electrons. The predicted molar refractivity (Wildman–Crippen MR) is 199 cm³/mol. The van der Waals surface area contributed by atoms with Crippen LogP contribution in [0.25, 0.3) is 0 Å². The molecule has 3 atom stereocenters. The highest BCUT2D eigenvalue weighted by Gasteiger charge is 2.44. The molecule has 3 unspecified atom stereocenters. The Morgan fingerprint density at radius 1 is 0.820 bits per heavy atom. The van der Waals surface area contributed by atoms with E-state index in [2.05, 4.69) is 52.2 Å². The van der Waals surface area contributed by atoms with E-state index in [9.17, 15) is 14.4 Å². The van der Waals surface area contributed by atoms with Crippen LogP contribution in [0.1, 0.15) is 120 Å². The standard InChI is InChI=1S/C39H60N3O7P/c1-13-15-32(40-34(43)31-16-14-25-42(31)35(44)33(26(2)3)41-36(45)47-39(10,11)12)50(46,48-29-21-17-27(18-22-29)37(4,5)6)49-30-23-19-28(20-24-30)38(7,8)9/h17-24,26,31-33H,13-16,25H2,1-12H3,(H,40,43)(H,41,45). The molecule has 278 valence electrons. The molecule has 1 fully saturated rings. The Bertz CT molecular complexity index is 1440. The largest absolute Gasteiger partial charge is 0.452 e. The van der Waals surface area contributed by atoms with Crippen LogP contribution in [-0.4, -0.2) is 52.8 Å². The average Bonchev–Trinajstić information content (AvgIpc) is 3.48. The number of rotatable bonds is 12. The number of carbonyl (C=O) groups is 3. The molecule has 1 aliphatic rings. The Kier molecular flexibility index (Phi) is 13.3. The molecule has 2 aromatic rings. The second kappa shape index (κ2) is 16.2. The van der Waals surface area contributed by atoms with Gasteiger partial charge in [-0.05, 0) is 92.2 Å². The van der Waals surface area contributed by atoms with Crippen molar-refractivity contribution in [2.45, 2.75) is 143 Å². The summed E-state index contributed by atoms with van der Waals surface area (Å²) in [7, 11) is -4.12. The Labute approximate surface area is 299 Å². The molecular formula is C39H60N3O7P. The maximum atomic E-state index is 15.0. The third-order valence-electron chi connectivity index (χ3n) is 8.60. The van der Waals surface area contributed by atoms with Gasteiger partial charge in [-0.3, -0.25) is 9.59 Å². The predicted octanol–water partition coefficient (Wildman–Crippen LogP) is 8.72. The molecule has 0 spiro atoms. The molecule has 0 bridgehead atoms. The van der Waals surface area contributed by atoms with Gasteiger partial charge in [0.2, 0.25) is 11.8 Å². The van der Waals surface area contributed by atoms with Gasteiger partial charge in [0.25, 0.3) is 0 Å². The van der Waals surface area contributed by atoms with Crippen molar-refractivity contribution in [2.75, 3.05) is 6.54 Å². The van der Waals surface area contributed by atoms with Crippen molar-refractivity contribution in [3.63, 3.8) is 0 Å². The topological polar surface area (TPSA) is 123 Å². The van der Waals surface area contributed by atoms with Crippen LogP contribution >= 0.6 is 7.60 Å². The van der Waals surface area contributed by atoms with Crippen LogP contribution < -0.4 is 19.7 Å². The molecule has 3 amide bonds. The van der Waals surface area contributed by atoms with Gasteiger partial charge in [0.05, 0.1) is 0 Å². The van der Waals surface area contributed by atoms with Crippen molar-refractivity contribution in [1.82, 2.24) is 15.5 Å². The van der Waals surface area contributed by atoms with E-state index in [1.807, 2.05) is 45.0 Å². The zero-order chi connectivity index (χ0) is 37.7. The van der Waals surface area contributed by atoms with Crippen LogP contribution in [0.2, 0.25) is 0 Å². The van der Waals surface area contributed by atoms with Crippen molar-refractivity contribution < 1.29 is 32.7 Å². The van der Waals surface area contributed by atoms with Gasteiger partial charge in [-0.25, -0.2) is 9.36 Å². The molecule has 1 aliphatic heterocycles. The number of nitrogens with one attached hydrogen (secondary N) is 2. The molecule has 0 saturated carbocycles. The molecular weight excluding hydrogens is 653 g/mol. The molecule has 3 rings (SSSR count). The number of nitrogens with zero attached hydrogens (tertiary/aromatic N) is 1. The first kappa shape index (κ1) is 40.9. The fraction of sp³-hybridized carbons (Fsp3) is 0.615. The second-order valence-electron chi connectivity index (χ2n) is 16.6. The summed E-state index contributed by atoms with van der Waals surface area (Å²) in [6.45, 7) is 23.8.